The zero-order chi connectivity index (χ0) is 16.7. The summed E-state index contributed by atoms with van der Waals surface area (Å²) in [5.41, 5.74) is 1.69. The number of para-hydroxylation sites is 2. The molecule has 3 heterocycles. The Morgan fingerprint density at radius 2 is 2.04 bits per heavy atom. The molecule has 0 bridgehead atoms. The molecular formula is C15H12F2N6S. The van der Waals surface area contributed by atoms with E-state index >= 15 is 0 Å². The summed E-state index contributed by atoms with van der Waals surface area (Å²) in [6.07, 6.45) is 3.12. The summed E-state index contributed by atoms with van der Waals surface area (Å²) >= 11 is 1.34. The average Bonchev–Trinajstić information content (AvgIpc) is 3.14. The van der Waals surface area contributed by atoms with Gasteiger partial charge in [-0.1, -0.05) is 23.9 Å². The van der Waals surface area contributed by atoms with Gasteiger partial charge in [0.25, 0.3) is 0 Å². The lowest BCUT2D eigenvalue weighted by Crippen LogP contribution is -2.03. The molecule has 0 saturated heterocycles. The van der Waals surface area contributed by atoms with Gasteiger partial charge in [0.1, 0.15) is 17.2 Å². The summed E-state index contributed by atoms with van der Waals surface area (Å²) in [5, 5.41) is 5.64. The molecule has 4 aromatic rings. The van der Waals surface area contributed by atoms with Crippen LogP contribution in [0.5, 0.6) is 0 Å². The van der Waals surface area contributed by atoms with Crippen LogP contribution in [0.1, 0.15) is 12.4 Å². The van der Waals surface area contributed by atoms with Gasteiger partial charge in [-0.2, -0.15) is 13.9 Å². The Morgan fingerprint density at radius 3 is 2.88 bits per heavy atom. The van der Waals surface area contributed by atoms with Crippen molar-refractivity contribution in [2.75, 3.05) is 0 Å². The van der Waals surface area contributed by atoms with E-state index in [2.05, 4.69) is 20.1 Å². The third-order valence-corrected chi connectivity index (χ3v) is 4.70. The van der Waals surface area contributed by atoms with Gasteiger partial charge in [-0.3, -0.25) is 9.25 Å². The molecule has 0 aliphatic carbocycles. The number of halogens is 2. The highest BCUT2D eigenvalue weighted by molar-refractivity contribution is 7.98. The summed E-state index contributed by atoms with van der Waals surface area (Å²) in [6, 6.07) is 6.88. The van der Waals surface area contributed by atoms with E-state index in [0.717, 1.165) is 9.95 Å². The Balaban J connectivity index is 1.70. The minimum atomic E-state index is -2.64. The maximum Gasteiger partial charge on any atom is 0.320 e. The molecule has 24 heavy (non-hydrogen) atoms. The number of aryl methyl sites for hydroxylation is 1. The van der Waals surface area contributed by atoms with E-state index < -0.39 is 6.55 Å². The van der Waals surface area contributed by atoms with Crippen LogP contribution in [0.4, 0.5) is 8.78 Å². The molecule has 0 aliphatic rings. The molecule has 1 aromatic carbocycles. The Labute approximate surface area is 139 Å². The van der Waals surface area contributed by atoms with Gasteiger partial charge in [0, 0.05) is 7.05 Å². The number of hydrogen-bond acceptors (Lipinski definition) is 5. The minimum Gasteiger partial charge on any atom is -0.269 e. The number of thioether (sulfide) groups is 1. The van der Waals surface area contributed by atoms with Gasteiger partial charge in [0.2, 0.25) is 0 Å². The maximum absolute atomic E-state index is 13.4. The van der Waals surface area contributed by atoms with Gasteiger partial charge in [-0.15, -0.1) is 0 Å². The molecule has 0 unspecified atom stereocenters. The fraction of sp³-hybridized carbons (Fsp3) is 0.200. The van der Waals surface area contributed by atoms with Crippen molar-refractivity contribution in [2.45, 2.75) is 17.3 Å². The number of alkyl halides is 2. The largest absolute Gasteiger partial charge is 0.320 e. The third-order valence-electron chi connectivity index (χ3n) is 3.69. The summed E-state index contributed by atoms with van der Waals surface area (Å²) in [7, 11) is 1.79. The first-order chi connectivity index (χ1) is 11.6. The topological polar surface area (TPSA) is 61.4 Å². The molecule has 3 aromatic heterocycles. The van der Waals surface area contributed by atoms with Gasteiger partial charge < -0.3 is 0 Å². The van der Waals surface area contributed by atoms with Crippen LogP contribution in [-0.2, 0) is 12.8 Å². The molecule has 0 atom stereocenters. The van der Waals surface area contributed by atoms with Crippen LogP contribution in [0, 0.1) is 0 Å². The highest BCUT2D eigenvalue weighted by atomic mass is 32.2. The number of rotatable bonds is 4. The standard InChI is InChI=1S/C15H12F2N6S/c1-22-13-9(6-20-22)14(19-8-18-13)24-7-12-21-10-4-2-3-5-11(10)23(12)15(16)17/h2-6,8,15H,7H2,1H3. The highest BCUT2D eigenvalue weighted by Gasteiger charge is 2.18. The molecule has 0 aliphatic heterocycles. The second kappa shape index (κ2) is 5.82. The Hall–Kier alpha value is -2.55. The van der Waals surface area contributed by atoms with Gasteiger partial charge in [0.05, 0.1) is 28.4 Å². The number of imidazole rings is 1. The lowest BCUT2D eigenvalue weighted by molar-refractivity contribution is 0.0722. The Morgan fingerprint density at radius 1 is 1.21 bits per heavy atom. The molecule has 9 heteroatoms. The second-order valence-electron chi connectivity index (χ2n) is 5.14. The van der Waals surface area contributed by atoms with Crippen LogP contribution in [0.3, 0.4) is 0 Å². The van der Waals surface area contributed by atoms with Gasteiger partial charge in [0.15, 0.2) is 5.65 Å². The van der Waals surface area contributed by atoms with E-state index in [-0.39, 0.29) is 5.75 Å². The number of hydrogen-bond donors (Lipinski definition) is 0. The lowest BCUT2D eigenvalue weighted by Gasteiger charge is -2.07. The predicted octanol–water partition coefficient (Wildman–Crippen LogP) is 3.40. The first-order valence-corrected chi connectivity index (χ1v) is 8.13. The van der Waals surface area contributed by atoms with Crippen molar-refractivity contribution in [1.82, 2.24) is 29.3 Å². The van der Waals surface area contributed by atoms with Crippen molar-refractivity contribution in [3.05, 3.63) is 42.6 Å². The smallest absolute Gasteiger partial charge is 0.269 e. The van der Waals surface area contributed by atoms with Crippen molar-refractivity contribution in [2.24, 2.45) is 7.05 Å². The summed E-state index contributed by atoms with van der Waals surface area (Å²) < 4.78 is 29.5. The minimum absolute atomic E-state index is 0.278. The molecule has 0 spiro atoms. The van der Waals surface area contributed by atoms with Crippen LogP contribution >= 0.6 is 11.8 Å². The van der Waals surface area contributed by atoms with E-state index in [9.17, 15) is 8.78 Å². The van der Waals surface area contributed by atoms with E-state index in [1.165, 1.54) is 18.1 Å². The molecule has 0 saturated carbocycles. The van der Waals surface area contributed by atoms with E-state index in [0.29, 0.717) is 27.5 Å². The normalized spacial score (nSPS) is 11.8. The SMILES string of the molecule is Cn1ncc2c(SCc3nc4ccccc4n3C(F)F)ncnc21. The molecule has 0 amide bonds. The summed E-state index contributed by atoms with van der Waals surface area (Å²) in [5.74, 6) is 0.590. The van der Waals surface area contributed by atoms with Crippen LogP contribution < -0.4 is 0 Å². The first kappa shape index (κ1) is 15.0. The quantitative estimate of drug-likeness (QED) is 0.419. The monoisotopic (exact) mass is 346 g/mol. The number of nitrogens with zero attached hydrogens (tertiary/aromatic N) is 6. The Bertz CT molecular complexity index is 1030. The third kappa shape index (κ3) is 2.41. The molecule has 0 N–H and O–H groups in total. The molecule has 6 nitrogen and oxygen atoms in total. The fourth-order valence-corrected chi connectivity index (χ4v) is 3.49. The van der Waals surface area contributed by atoms with Crippen molar-refractivity contribution in [3.8, 4) is 0 Å². The van der Waals surface area contributed by atoms with Crippen molar-refractivity contribution in [1.29, 1.82) is 0 Å². The van der Waals surface area contributed by atoms with Crippen LogP contribution in [0.25, 0.3) is 22.1 Å². The number of benzene rings is 1. The van der Waals surface area contributed by atoms with Gasteiger partial charge >= 0.3 is 6.55 Å². The van der Waals surface area contributed by atoms with Crippen molar-refractivity contribution < 1.29 is 8.78 Å². The van der Waals surface area contributed by atoms with Gasteiger partial charge in [-0.25, -0.2) is 15.0 Å². The number of fused-ring (bicyclic) bond motifs is 2. The van der Waals surface area contributed by atoms with E-state index in [1.54, 1.807) is 42.2 Å². The molecule has 0 radical (unpaired) electrons. The fourth-order valence-electron chi connectivity index (χ4n) is 2.60. The molecule has 4 rings (SSSR count). The van der Waals surface area contributed by atoms with Crippen LogP contribution in [0.15, 0.2) is 41.8 Å². The number of aromatic nitrogens is 6. The van der Waals surface area contributed by atoms with Crippen molar-refractivity contribution >= 4 is 33.8 Å². The molecule has 0 fully saturated rings. The zero-order valence-corrected chi connectivity index (χ0v) is 13.4. The summed E-state index contributed by atoms with van der Waals surface area (Å²) in [4.78, 5) is 12.7. The highest BCUT2D eigenvalue weighted by Crippen LogP contribution is 2.30. The van der Waals surface area contributed by atoms with E-state index in [4.69, 9.17) is 0 Å². The van der Waals surface area contributed by atoms with Gasteiger partial charge in [-0.05, 0) is 12.1 Å². The summed E-state index contributed by atoms with van der Waals surface area (Å²) in [6.45, 7) is -2.64. The lowest BCUT2D eigenvalue weighted by atomic mass is 10.3. The van der Waals surface area contributed by atoms with Crippen molar-refractivity contribution in [3.63, 3.8) is 0 Å². The predicted molar refractivity (Wildman–Crippen MR) is 86.9 cm³/mol. The van der Waals surface area contributed by atoms with Crippen LogP contribution in [-0.4, -0.2) is 29.3 Å². The molecular weight excluding hydrogens is 334 g/mol. The Kier molecular flexibility index (Phi) is 3.64. The second-order valence-corrected chi connectivity index (χ2v) is 6.10. The zero-order valence-electron chi connectivity index (χ0n) is 12.6. The average molecular weight is 346 g/mol. The van der Waals surface area contributed by atoms with Crippen LogP contribution in [0.2, 0.25) is 0 Å². The first-order valence-electron chi connectivity index (χ1n) is 7.14. The van der Waals surface area contributed by atoms with E-state index in [1.807, 2.05) is 0 Å². The molecule has 122 valence electrons. The maximum atomic E-state index is 13.4.